The van der Waals surface area contributed by atoms with E-state index >= 15 is 0 Å². The Labute approximate surface area is 91.3 Å². The highest BCUT2D eigenvalue weighted by molar-refractivity contribution is 9.07. The zero-order valence-corrected chi connectivity index (χ0v) is 9.80. The van der Waals surface area contributed by atoms with Crippen LogP contribution >= 0.6 is 27.7 Å². The first-order chi connectivity index (χ1) is 6.14. The molecule has 0 atom stereocenters. The number of hydrogen-bond donors (Lipinski definition) is 0. The van der Waals surface area contributed by atoms with Crippen molar-refractivity contribution in [1.29, 1.82) is 0 Å². The lowest BCUT2D eigenvalue weighted by Crippen LogP contribution is -2.36. The molecule has 13 heavy (non-hydrogen) atoms. The minimum atomic E-state index is -1.21. The molecule has 0 unspecified atom stereocenters. The number of ether oxygens (including phenoxy) is 2. The number of nitrogens with zero attached hydrogens (tertiary/aromatic N) is 1. The Morgan fingerprint density at radius 2 is 2.15 bits per heavy atom. The van der Waals surface area contributed by atoms with Crippen molar-refractivity contribution in [3.8, 4) is 0 Å². The van der Waals surface area contributed by atoms with Gasteiger partial charge in [0.25, 0.3) is 5.25 Å². The van der Waals surface area contributed by atoms with Crippen LogP contribution in [0.1, 0.15) is 0 Å². The average Bonchev–Trinajstić information content (AvgIpc) is 2.17. The van der Waals surface area contributed by atoms with Crippen LogP contribution in [0.4, 0.5) is 0 Å². The highest BCUT2D eigenvalue weighted by Gasteiger charge is 2.35. The molecule has 0 saturated heterocycles. The van der Waals surface area contributed by atoms with Crippen molar-refractivity contribution >= 4 is 27.7 Å². The predicted octanol–water partition coefficient (Wildman–Crippen LogP) is 2.24. The molecule has 3 nitrogen and oxygen atoms in total. The summed E-state index contributed by atoms with van der Waals surface area (Å²) in [4.78, 5) is 0. The van der Waals surface area contributed by atoms with E-state index in [9.17, 15) is 0 Å². The zero-order chi connectivity index (χ0) is 9.90. The highest BCUT2D eigenvalue weighted by Crippen LogP contribution is 2.32. The summed E-state index contributed by atoms with van der Waals surface area (Å²) in [5.74, 6) is 0. The fourth-order valence-corrected chi connectivity index (χ4v) is 1.81. The Hall–Kier alpha value is -0.0300. The van der Waals surface area contributed by atoms with Crippen molar-refractivity contribution in [2.24, 2.45) is 0 Å². The summed E-state index contributed by atoms with van der Waals surface area (Å²) in [6, 6.07) is 0. The lowest BCUT2D eigenvalue weighted by molar-refractivity contribution is -0.121. The Morgan fingerprint density at radius 3 is 2.62 bits per heavy atom. The van der Waals surface area contributed by atoms with Crippen LogP contribution in [0, 0.1) is 0 Å². The molecular formula is C8H11BrClNO2. The number of rotatable bonds is 3. The molecule has 0 aromatic heterocycles. The summed E-state index contributed by atoms with van der Waals surface area (Å²) in [5, 5.41) is -1.21. The lowest BCUT2D eigenvalue weighted by atomic mass is 10.3. The van der Waals surface area contributed by atoms with Crippen molar-refractivity contribution in [3.05, 3.63) is 23.9 Å². The maximum atomic E-state index is 6.06. The molecule has 1 rings (SSSR count). The third kappa shape index (κ3) is 2.26. The van der Waals surface area contributed by atoms with E-state index < -0.39 is 5.25 Å². The Kier molecular flexibility index (Phi) is 3.79. The first-order valence-electron chi connectivity index (χ1n) is 3.74. The van der Waals surface area contributed by atoms with E-state index in [0.717, 1.165) is 12.2 Å². The Morgan fingerprint density at radius 1 is 1.54 bits per heavy atom. The Balaban J connectivity index is 2.90. The van der Waals surface area contributed by atoms with Crippen LogP contribution in [0.25, 0.3) is 0 Å². The SMILES string of the molecule is COC(Cl)(OC)C1=CC=CCN1Br. The minimum Gasteiger partial charge on any atom is -0.336 e. The fraction of sp³-hybridized carbons (Fsp3) is 0.500. The van der Waals surface area contributed by atoms with Crippen molar-refractivity contribution in [2.45, 2.75) is 5.25 Å². The minimum absolute atomic E-state index is 0.724. The Bertz CT molecular complexity index is 238. The molecule has 0 bridgehead atoms. The molecule has 0 N–H and O–H groups in total. The molecule has 0 aromatic carbocycles. The highest BCUT2D eigenvalue weighted by atomic mass is 79.9. The van der Waals surface area contributed by atoms with Gasteiger partial charge < -0.3 is 13.4 Å². The molecule has 0 aliphatic carbocycles. The summed E-state index contributed by atoms with van der Waals surface area (Å²) in [5.41, 5.74) is 0.724. The maximum absolute atomic E-state index is 6.06. The average molecular weight is 269 g/mol. The molecule has 0 fully saturated rings. The molecule has 1 aliphatic rings. The van der Waals surface area contributed by atoms with Gasteiger partial charge in [-0.05, 0) is 17.7 Å². The molecule has 0 radical (unpaired) electrons. The van der Waals surface area contributed by atoms with Crippen LogP contribution < -0.4 is 0 Å². The predicted molar refractivity (Wildman–Crippen MR) is 55.5 cm³/mol. The molecule has 0 saturated carbocycles. The summed E-state index contributed by atoms with van der Waals surface area (Å²) >= 11 is 9.41. The van der Waals surface area contributed by atoms with E-state index in [0.29, 0.717) is 0 Å². The summed E-state index contributed by atoms with van der Waals surface area (Å²) < 4.78 is 11.9. The van der Waals surface area contributed by atoms with Crippen LogP contribution in [-0.4, -0.2) is 29.9 Å². The zero-order valence-electron chi connectivity index (χ0n) is 7.46. The van der Waals surface area contributed by atoms with Crippen LogP contribution in [0.3, 0.4) is 0 Å². The molecule has 0 spiro atoms. The van der Waals surface area contributed by atoms with E-state index in [2.05, 4.69) is 16.1 Å². The first kappa shape index (κ1) is 11.0. The largest absolute Gasteiger partial charge is 0.336 e. The van der Waals surface area contributed by atoms with Gasteiger partial charge in [-0.2, -0.15) is 0 Å². The van der Waals surface area contributed by atoms with Gasteiger partial charge in [0, 0.05) is 36.9 Å². The third-order valence-electron chi connectivity index (χ3n) is 1.75. The van der Waals surface area contributed by atoms with E-state index in [1.807, 2.05) is 18.2 Å². The second-order valence-electron chi connectivity index (χ2n) is 2.47. The topological polar surface area (TPSA) is 21.7 Å². The molecule has 1 heterocycles. The molecular weight excluding hydrogens is 257 g/mol. The number of allylic oxidation sites excluding steroid dienone is 2. The van der Waals surface area contributed by atoms with Crippen molar-refractivity contribution in [3.63, 3.8) is 0 Å². The van der Waals surface area contributed by atoms with Gasteiger partial charge in [-0.3, -0.25) is 0 Å². The van der Waals surface area contributed by atoms with Crippen molar-refractivity contribution in [1.82, 2.24) is 3.93 Å². The third-order valence-corrected chi connectivity index (χ3v) is 2.92. The number of hydrogen-bond acceptors (Lipinski definition) is 3. The lowest BCUT2D eigenvalue weighted by Gasteiger charge is -2.32. The summed E-state index contributed by atoms with van der Waals surface area (Å²) in [6.45, 7) is 0.729. The van der Waals surface area contributed by atoms with Crippen LogP contribution in [-0.2, 0) is 9.47 Å². The molecule has 0 amide bonds. The standard InChI is InChI=1S/C8H11BrClNO2/c1-12-8(10,13-2)7-5-3-4-6-11(7)9/h3-5H,6H2,1-2H3. The van der Waals surface area contributed by atoms with Gasteiger partial charge >= 0.3 is 0 Å². The molecule has 5 heteroatoms. The molecule has 0 aromatic rings. The van der Waals surface area contributed by atoms with Gasteiger partial charge in [0.1, 0.15) is 5.70 Å². The normalized spacial score (nSPS) is 17.5. The van der Waals surface area contributed by atoms with Gasteiger partial charge in [-0.25, -0.2) is 0 Å². The van der Waals surface area contributed by atoms with Crippen molar-refractivity contribution in [2.75, 3.05) is 20.8 Å². The van der Waals surface area contributed by atoms with Gasteiger partial charge in [-0.15, -0.1) is 0 Å². The second-order valence-corrected chi connectivity index (χ2v) is 3.82. The van der Waals surface area contributed by atoms with E-state index in [1.54, 1.807) is 3.93 Å². The monoisotopic (exact) mass is 267 g/mol. The van der Waals surface area contributed by atoms with Gasteiger partial charge in [0.2, 0.25) is 0 Å². The van der Waals surface area contributed by atoms with E-state index in [1.165, 1.54) is 14.2 Å². The first-order valence-corrected chi connectivity index (χ1v) is 4.82. The fourth-order valence-electron chi connectivity index (χ4n) is 1.03. The van der Waals surface area contributed by atoms with Crippen molar-refractivity contribution < 1.29 is 9.47 Å². The van der Waals surface area contributed by atoms with Crippen LogP contribution in [0.2, 0.25) is 0 Å². The van der Waals surface area contributed by atoms with Gasteiger partial charge in [0.15, 0.2) is 0 Å². The van der Waals surface area contributed by atoms with Crippen LogP contribution in [0.15, 0.2) is 23.9 Å². The van der Waals surface area contributed by atoms with Gasteiger partial charge in [0.05, 0.1) is 0 Å². The molecule has 74 valence electrons. The maximum Gasteiger partial charge on any atom is 0.291 e. The number of methoxy groups -OCH3 is 2. The smallest absolute Gasteiger partial charge is 0.291 e. The number of alkyl halides is 1. The number of halogens is 2. The second kappa shape index (κ2) is 4.46. The molecule has 1 aliphatic heterocycles. The summed E-state index contributed by atoms with van der Waals surface area (Å²) in [6.07, 6.45) is 5.72. The quantitative estimate of drug-likeness (QED) is 0.445. The summed E-state index contributed by atoms with van der Waals surface area (Å²) in [7, 11) is 2.99. The van der Waals surface area contributed by atoms with E-state index in [4.69, 9.17) is 21.1 Å². The van der Waals surface area contributed by atoms with E-state index in [-0.39, 0.29) is 0 Å². The van der Waals surface area contributed by atoms with Crippen LogP contribution in [0.5, 0.6) is 0 Å². The van der Waals surface area contributed by atoms with Gasteiger partial charge in [-0.1, -0.05) is 12.2 Å².